The highest BCUT2D eigenvalue weighted by molar-refractivity contribution is 6.34. The molecule has 0 bridgehead atoms. The Morgan fingerprint density at radius 2 is 2.19 bits per heavy atom. The van der Waals surface area contributed by atoms with E-state index in [1.54, 1.807) is 0 Å². The van der Waals surface area contributed by atoms with Crippen molar-refractivity contribution in [3.05, 3.63) is 28.9 Å². The number of carbonyl (C=O) groups is 1. The number of carboxylic acid groups (broad SMARTS) is 1. The zero-order valence-electron chi connectivity index (χ0n) is 7.69. The van der Waals surface area contributed by atoms with Crippen molar-refractivity contribution < 1.29 is 18.7 Å². The minimum atomic E-state index is -2.81. The number of benzene rings is 1. The van der Waals surface area contributed by atoms with Crippen LogP contribution in [0.2, 0.25) is 5.15 Å². The Morgan fingerprint density at radius 1 is 1.50 bits per heavy atom. The summed E-state index contributed by atoms with van der Waals surface area (Å²) in [6.07, 6.45) is 0. The van der Waals surface area contributed by atoms with Crippen LogP contribution in [0.5, 0.6) is 0 Å². The summed E-state index contributed by atoms with van der Waals surface area (Å²) in [6.45, 7) is -2.81. The first kappa shape index (κ1) is 10.8. The molecule has 1 heterocycles. The van der Waals surface area contributed by atoms with Crippen LogP contribution in [-0.4, -0.2) is 20.9 Å². The van der Waals surface area contributed by atoms with Gasteiger partial charge in [0.1, 0.15) is 0 Å². The van der Waals surface area contributed by atoms with Crippen molar-refractivity contribution in [3.63, 3.8) is 0 Å². The number of halogens is 3. The number of rotatable bonds is 2. The van der Waals surface area contributed by atoms with Crippen molar-refractivity contribution in [2.45, 2.75) is 6.55 Å². The summed E-state index contributed by atoms with van der Waals surface area (Å²) in [5.41, 5.74) is 0.0771. The van der Waals surface area contributed by atoms with E-state index in [1.807, 2.05) is 0 Å². The molecule has 4 nitrogen and oxygen atoms in total. The fraction of sp³-hybridized carbons (Fsp3) is 0.111. The Kier molecular flexibility index (Phi) is 2.51. The van der Waals surface area contributed by atoms with Gasteiger partial charge >= 0.3 is 12.5 Å². The van der Waals surface area contributed by atoms with Crippen LogP contribution in [0.1, 0.15) is 16.9 Å². The lowest BCUT2D eigenvalue weighted by atomic mass is 10.1. The van der Waals surface area contributed by atoms with Crippen LogP contribution in [0.3, 0.4) is 0 Å². The molecule has 0 aliphatic carbocycles. The summed E-state index contributed by atoms with van der Waals surface area (Å²) in [6, 6.07) is 3.69. The number of hydrogen-bond acceptors (Lipinski definition) is 2. The number of aromatic nitrogens is 2. The maximum Gasteiger partial charge on any atom is 0.335 e. The monoisotopic (exact) mass is 246 g/mol. The van der Waals surface area contributed by atoms with Gasteiger partial charge in [-0.2, -0.15) is 13.9 Å². The molecule has 1 aromatic carbocycles. The highest BCUT2D eigenvalue weighted by Gasteiger charge is 2.16. The first-order chi connectivity index (χ1) is 7.50. The SMILES string of the molecule is O=C(O)c1ccc2c(c1)c(Cl)nn2C(F)F. The first-order valence-electron chi connectivity index (χ1n) is 4.20. The molecule has 0 spiro atoms. The van der Waals surface area contributed by atoms with E-state index >= 15 is 0 Å². The Morgan fingerprint density at radius 3 is 2.75 bits per heavy atom. The molecule has 2 aromatic rings. The fourth-order valence-electron chi connectivity index (χ4n) is 1.39. The van der Waals surface area contributed by atoms with Crippen LogP contribution in [0.25, 0.3) is 10.9 Å². The lowest BCUT2D eigenvalue weighted by Gasteiger charge is -2.00. The van der Waals surface area contributed by atoms with Gasteiger partial charge in [-0.05, 0) is 18.2 Å². The van der Waals surface area contributed by atoms with Crippen LogP contribution in [0.4, 0.5) is 8.78 Å². The van der Waals surface area contributed by atoms with Crippen molar-refractivity contribution in [3.8, 4) is 0 Å². The van der Waals surface area contributed by atoms with Gasteiger partial charge in [0.2, 0.25) is 0 Å². The second kappa shape index (κ2) is 3.71. The van der Waals surface area contributed by atoms with Crippen molar-refractivity contribution in [2.24, 2.45) is 0 Å². The Bertz CT molecular complexity index is 568. The number of aromatic carboxylic acids is 1. The van der Waals surface area contributed by atoms with E-state index in [4.69, 9.17) is 16.7 Å². The maximum atomic E-state index is 12.5. The van der Waals surface area contributed by atoms with Crippen molar-refractivity contribution >= 4 is 28.5 Å². The normalized spacial score (nSPS) is 11.2. The molecule has 84 valence electrons. The molecular formula is C9H5ClF2N2O2. The van der Waals surface area contributed by atoms with Crippen molar-refractivity contribution in [1.29, 1.82) is 0 Å². The zero-order valence-corrected chi connectivity index (χ0v) is 8.45. The molecule has 1 N–H and O–H groups in total. The third-order valence-electron chi connectivity index (χ3n) is 2.09. The highest BCUT2D eigenvalue weighted by atomic mass is 35.5. The van der Waals surface area contributed by atoms with Crippen molar-refractivity contribution in [1.82, 2.24) is 9.78 Å². The summed E-state index contributed by atoms with van der Waals surface area (Å²) in [7, 11) is 0. The number of alkyl halides is 2. The minimum Gasteiger partial charge on any atom is -0.478 e. The van der Waals surface area contributed by atoms with Gasteiger partial charge in [0.05, 0.1) is 11.1 Å². The van der Waals surface area contributed by atoms with Gasteiger partial charge < -0.3 is 5.11 Å². The fourth-order valence-corrected chi connectivity index (χ4v) is 1.62. The van der Waals surface area contributed by atoms with Crippen LogP contribution >= 0.6 is 11.6 Å². The van der Waals surface area contributed by atoms with Crippen molar-refractivity contribution in [2.75, 3.05) is 0 Å². The van der Waals surface area contributed by atoms with Gasteiger partial charge in [-0.25, -0.2) is 9.48 Å². The summed E-state index contributed by atoms with van der Waals surface area (Å²) in [4.78, 5) is 10.7. The molecule has 0 saturated carbocycles. The molecule has 0 amide bonds. The third kappa shape index (κ3) is 1.61. The predicted molar refractivity (Wildman–Crippen MR) is 53.0 cm³/mol. The number of carboxylic acids is 1. The average molecular weight is 247 g/mol. The lowest BCUT2D eigenvalue weighted by Crippen LogP contribution is -2.00. The number of hydrogen-bond donors (Lipinski definition) is 1. The summed E-state index contributed by atoms with van der Waals surface area (Å²) in [5.74, 6) is -1.15. The molecule has 0 fully saturated rings. The molecule has 1 aromatic heterocycles. The Balaban J connectivity index is 2.71. The molecule has 16 heavy (non-hydrogen) atoms. The van der Waals surface area contributed by atoms with E-state index in [2.05, 4.69) is 5.10 Å². The van der Waals surface area contributed by atoms with E-state index in [0.717, 1.165) is 0 Å². The zero-order chi connectivity index (χ0) is 11.9. The van der Waals surface area contributed by atoms with Crippen LogP contribution < -0.4 is 0 Å². The summed E-state index contributed by atoms with van der Waals surface area (Å²) >= 11 is 5.64. The van der Waals surface area contributed by atoms with E-state index in [0.29, 0.717) is 4.68 Å². The molecule has 0 saturated heterocycles. The average Bonchev–Trinajstić information content (AvgIpc) is 2.56. The van der Waals surface area contributed by atoms with Gasteiger partial charge in [-0.1, -0.05) is 11.6 Å². The molecular weight excluding hydrogens is 242 g/mol. The maximum absolute atomic E-state index is 12.5. The molecule has 2 rings (SSSR count). The van der Waals surface area contributed by atoms with E-state index in [-0.39, 0.29) is 21.6 Å². The molecule has 7 heteroatoms. The summed E-state index contributed by atoms with van der Waals surface area (Å²) in [5, 5.41) is 12.2. The topological polar surface area (TPSA) is 55.1 Å². The molecule has 0 radical (unpaired) electrons. The van der Waals surface area contributed by atoms with Crippen LogP contribution in [0.15, 0.2) is 18.2 Å². The molecule has 0 atom stereocenters. The van der Waals surface area contributed by atoms with E-state index in [9.17, 15) is 13.6 Å². The van der Waals surface area contributed by atoms with E-state index in [1.165, 1.54) is 18.2 Å². The number of nitrogens with zero attached hydrogens (tertiary/aromatic N) is 2. The highest BCUT2D eigenvalue weighted by Crippen LogP contribution is 2.27. The van der Waals surface area contributed by atoms with Gasteiger partial charge in [-0.15, -0.1) is 0 Å². The Labute approximate surface area is 93.0 Å². The second-order valence-electron chi connectivity index (χ2n) is 3.05. The van der Waals surface area contributed by atoms with Gasteiger partial charge in [0.25, 0.3) is 0 Å². The van der Waals surface area contributed by atoms with Crippen LogP contribution in [-0.2, 0) is 0 Å². The van der Waals surface area contributed by atoms with Crippen LogP contribution in [0, 0.1) is 0 Å². The third-order valence-corrected chi connectivity index (χ3v) is 2.37. The predicted octanol–water partition coefficient (Wildman–Crippen LogP) is 2.78. The number of fused-ring (bicyclic) bond motifs is 1. The first-order valence-corrected chi connectivity index (χ1v) is 4.57. The quantitative estimate of drug-likeness (QED) is 0.886. The second-order valence-corrected chi connectivity index (χ2v) is 3.41. The Hall–Kier alpha value is -1.69. The minimum absolute atomic E-state index is 0.0248. The van der Waals surface area contributed by atoms with Gasteiger partial charge in [0.15, 0.2) is 5.15 Å². The standard InChI is InChI=1S/C9H5ClF2N2O2/c10-7-5-3-4(8(15)16)1-2-6(5)14(13-7)9(11)12/h1-3,9H,(H,15,16). The molecule has 0 unspecified atom stereocenters. The largest absolute Gasteiger partial charge is 0.478 e. The molecule has 0 aliphatic rings. The lowest BCUT2D eigenvalue weighted by molar-refractivity contribution is 0.0615. The summed E-state index contributed by atoms with van der Waals surface area (Å²) < 4.78 is 25.4. The smallest absolute Gasteiger partial charge is 0.335 e. The molecule has 0 aliphatic heterocycles. The van der Waals surface area contributed by atoms with Gasteiger partial charge in [-0.3, -0.25) is 0 Å². The van der Waals surface area contributed by atoms with E-state index < -0.39 is 12.5 Å². The van der Waals surface area contributed by atoms with Gasteiger partial charge in [0, 0.05) is 5.39 Å².